The average Bonchev–Trinajstić information content (AvgIpc) is 3.45. The highest BCUT2D eigenvalue weighted by molar-refractivity contribution is 7.98. The highest BCUT2D eigenvalue weighted by atomic mass is 32.2. The number of thioether (sulfide) groups is 1. The first kappa shape index (κ1) is 22.8. The molecule has 3 aromatic rings. The standard InChI is InChI=1S/C24H31N5O2S/c1-3-30-22-12-5-4-9-19(22)15-28(2)17-23-26-27-24(29(23)16-21-11-8-14-31-21)32-18-20-10-6-7-13-25-20/h4-7,9-10,12-13,21H,3,8,11,14-18H2,1-2H3. The van der Waals surface area contributed by atoms with Gasteiger partial charge in [0, 0.05) is 30.7 Å². The Morgan fingerprint density at radius 3 is 2.81 bits per heavy atom. The van der Waals surface area contributed by atoms with Crippen molar-refractivity contribution >= 4 is 11.8 Å². The minimum atomic E-state index is 0.225. The minimum Gasteiger partial charge on any atom is -0.494 e. The molecule has 0 N–H and O–H groups in total. The van der Waals surface area contributed by atoms with E-state index in [0.29, 0.717) is 13.2 Å². The molecule has 8 heteroatoms. The van der Waals surface area contributed by atoms with Crippen LogP contribution in [0.3, 0.4) is 0 Å². The third-order valence-corrected chi connectivity index (χ3v) is 6.40. The van der Waals surface area contributed by atoms with Gasteiger partial charge in [-0.1, -0.05) is 36.0 Å². The fourth-order valence-corrected chi connectivity index (χ4v) is 4.74. The Morgan fingerprint density at radius 1 is 1.16 bits per heavy atom. The predicted molar refractivity (Wildman–Crippen MR) is 126 cm³/mol. The summed E-state index contributed by atoms with van der Waals surface area (Å²) in [6, 6.07) is 14.2. The zero-order valence-electron chi connectivity index (χ0n) is 18.8. The second-order valence-electron chi connectivity index (χ2n) is 7.97. The van der Waals surface area contributed by atoms with Crippen molar-refractivity contribution in [1.82, 2.24) is 24.6 Å². The van der Waals surface area contributed by atoms with Gasteiger partial charge in [0.25, 0.3) is 0 Å². The Morgan fingerprint density at radius 2 is 2.03 bits per heavy atom. The van der Waals surface area contributed by atoms with E-state index in [1.165, 1.54) is 5.56 Å². The van der Waals surface area contributed by atoms with Crippen LogP contribution in [0.25, 0.3) is 0 Å². The van der Waals surface area contributed by atoms with Gasteiger partial charge in [0.15, 0.2) is 5.16 Å². The summed E-state index contributed by atoms with van der Waals surface area (Å²) in [5.74, 6) is 2.66. The van der Waals surface area contributed by atoms with Gasteiger partial charge < -0.3 is 14.0 Å². The van der Waals surface area contributed by atoms with E-state index < -0.39 is 0 Å². The fourth-order valence-electron chi connectivity index (χ4n) is 3.86. The Bertz CT molecular complexity index is 976. The number of rotatable bonds is 11. The van der Waals surface area contributed by atoms with Gasteiger partial charge in [0.2, 0.25) is 0 Å². The van der Waals surface area contributed by atoms with Crippen molar-refractivity contribution in [2.45, 2.75) is 56.4 Å². The van der Waals surface area contributed by atoms with Crippen molar-refractivity contribution in [1.29, 1.82) is 0 Å². The van der Waals surface area contributed by atoms with E-state index in [1.807, 2.05) is 43.5 Å². The molecule has 1 unspecified atom stereocenters. The SMILES string of the molecule is CCOc1ccccc1CN(C)Cc1nnc(SCc2ccccn2)n1CC1CCCO1. The van der Waals surface area contributed by atoms with Gasteiger partial charge in [-0.3, -0.25) is 9.88 Å². The van der Waals surface area contributed by atoms with Crippen LogP contribution in [0.5, 0.6) is 5.75 Å². The smallest absolute Gasteiger partial charge is 0.191 e. The Hall–Kier alpha value is -2.42. The first-order valence-electron chi connectivity index (χ1n) is 11.2. The van der Waals surface area contributed by atoms with Crippen molar-refractivity contribution in [3.63, 3.8) is 0 Å². The molecular weight excluding hydrogens is 422 g/mol. The molecule has 0 radical (unpaired) electrons. The van der Waals surface area contributed by atoms with Crippen LogP contribution in [0.2, 0.25) is 0 Å². The normalized spacial score (nSPS) is 16.0. The molecule has 32 heavy (non-hydrogen) atoms. The summed E-state index contributed by atoms with van der Waals surface area (Å²) in [5.41, 5.74) is 2.21. The summed E-state index contributed by atoms with van der Waals surface area (Å²) in [6.07, 6.45) is 4.25. The highest BCUT2D eigenvalue weighted by Crippen LogP contribution is 2.25. The molecule has 0 saturated carbocycles. The summed E-state index contributed by atoms with van der Waals surface area (Å²) in [4.78, 5) is 6.68. The molecule has 1 atom stereocenters. The second kappa shape index (κ2) is 11.4. The molecule has 2 aromatic heterocycles. The number of ether oxygens (including phenoxy) is 2. The maximum absolute atomic E-state index is 5.91. The summed E-state index contributed by atoms with van der Waals surface area (Å²) >= 11 is 1.68. The lowest BCUT2D eigenvalue weighted by Gasteiger charge is -2.20. The molecule has 0 aliphatic carbocycles. The monoisotopic (exact) mass is 453 g/mol. The quantitative estimate of drug-likeness (QED) is 0.404. The van der Waals surface area contributed by atoms with Crippen molar-refractivity contribution in [3.8, 4) is 5.75 Å². The third kappa shape index (κ3) is 6.09. The number of pyridine rings is 1. The van der Waals surface area contributed by atoms with Crippen molar-refractivity contribution in [2.75, 3.05) is 20.3 Å². The summed E-state index contributed by atoms with van der Waals surface area (Å²) in [5, 5.41) is 10.00. The number of hydrogen-bond acceptors (Lipinski definition) is 7. The van der Waals surface area contributed by atoms with Crippen LogP contribution in [0.1, 0.15) is 36.8 Å². The van der Waals surface area contributed by atoms with E-state index in [-0.39, 0.29) is 6.10 Å². The van der Waals surface area contributed by atoms with Gasteiger partial charge >= 0.3 is 0 Å². The summed E-state index contributed by atoms with van der Waals surface area (Å²) < 4.78 is 13.9. The maximum Gasteiger partial charge on any atom is 0.191 e. The van der Waals surface area contributed by atoms with Crippen molar-refractivity contribution in [3.05, 3.63) is 65.7 Å². The van der Waals surface area contributed by atoms with Gasteiger partial charge in [-0.15, -0.1) is 10.2 Å². The van der Waals surface area contributed by atoms with Gasteiger partial charge in [0.05, 0.1) is 31.5 Å². The van der Waals surface area contributed by atoms with Crippen LogP contribution in [0, 0.1) is 0 Å². The van der Waals surface area contributed by atoms with E-state index in [1.54, 1.807) is 11.8 Å². The molecule has 0 spiro atoms. The molecule has 0 bridgehead atoms. The average molecular weight is 454 g/mol. The molecule has 1 aliphatic rings. The number of para-hydroxylation sites is 1. The predicted octanol–water partition coefficient (Wildman–Crippen LogP) is 4.18. The number of hydrogen-bond donors (Lipinski definition) is 0. The lowest BCUT2D eigenvalue weighted by Crippen LogP contribution is -2.23. The van der Waals surface area contributed by atoms with Crippen LogP contribution in [0.4, 0.5) is 0 Å². The molecule has 7 nitrogen and oxygen atoms in total. The largest absolute Gasteiger partial charge is 0.494 e. The Labute approximate surface area is 194 Å². The van der Waals surface area contributed by atoms with Crippen LogP contribution < -0.4 is 4.74 Å². The number of benzene rings is 1. The fraction of sp³-hybridized carbons (Fsp3) is 0.458. The van der Waals surface area contributed by atoms with Gasteiger partial charge in [-0.05, 0) is 45.0 Å². The van der Waals surface area contributed by atoms with E-state index in [0.717, 1.165) is 60.7 Å². The van der Waals surface area contributed by atoms with Crippen molar-refractivity contribution < 1.29 is 9.47 Å². The lowest BCUT2D eigenvalue weighted by molar-refractivity contribution is 0.0934. The molecule has 0 amide bonds. The van der Waals surface area contributed by atoms with Crippen molar-refractivity contribution in [2.24, 2.45) is 0 Å². The molecule has 3 heterocycles. The van der Waals surface area contributed by atoms with Gasteiger partial charge in [-0.25, -0.2) is 0 Å². The zero-order chi connectivity index (χ0) is 22.2. The molecule has 1 fully saturated rings. The first-order chi connectivity index (χ1) is 15.7. The van der Waals surface area contributed by atoms with Crippen LogP contribution in [-0.4, -0.2) is 51.0 Å². The summed E-state index contributed by atoms with van der Waals surface area (Å²) in [7, 11) is 2.11. The topological polar surface area (TPSA) is 65.3 Å². The molecule has 1 aromatic carbocycles. The van der Waals surface area contributed by atoms with Crippen LogP contribution >= 0.6 is 11.8 Å². The molecular formula is C24H31N5O2S. The maximum atomic E-state index is 5.91. The molecule has 1 aliphatic heterocycles. The van der Waals surface area contributed by atoms with Crippen LogP contribution in [-0.2, 0) is 30.1 Å². The molecule has 1 saturated heterocycles. The number of aromatic nitrogens is 4. The summed E-state index contributed by atoms with van der Waals surface area (Å²) in [6.45, 7) is 5.78. The Kier molecular flexibility index (Phi) is 8.14. The second-order valence-corrected chi connectivity index (χ2v) is 8.91. The first-order valence-corrected chi connectivity index (χ1v) is 12.2. The van der Waals surface area contributed by atoms with Gasteiger partial charge in [0.1, 0.15) is 11.6 Å². The molecule has 170 valence electrons. The minimum absolute atomic E-state index is 0.225. The molecule has 4 rings (SSSR count). The highest BCUT2D eigenvalue weighted by Gasteiger charge is 2.22. The third-order valence-electron chi connectivity index (χ3n) is 5.40. The van der Waals surface area contributed by atoms with E-state index in [4.69, 9.17) is 9.47 Å². The van der Waals surface area contributed by atoms with E-state index in [9.17, 15) is 0 Å². The Balaban J connectivity index is 1.47. The van der Waals surface area contributed by atoms with E-state index >= 15 is 0 Å². The van der Waals surface area contributed by atoms with Gasteiger partial charge in [-0.2, -0.15) is 0 Å². The zero-order valence-corrected chi connectivity index (χ0v) is 19.6. The number of nitrogens with zero attached hydrogens (tertiary/aromatic N) is 5. The van der Waals surface area contributed by atoms with E-state index in [2.05, 4.69) is 43.8 Å². The lowest BCUT2D eigenvalue weighted by atomic mass is 10.2. The van der Waals surface area contributed by atoms with Crippen LogP contribution in [0.15, 0.2) is 53.8 Å².